The lowest BCUT2D eigenvalue weighted by Gasteiger charge is -1.73. The molecular weight excluding hydrogens is 211 g/mol. The lowest BCUT2D eigenvalue weighted by atomic mass is 11.0. The summed E-state index contributed by atoms with van der Waals surface area (Å²) >= 11 is 6.38. The molecule has 0 bridgehead atoms. The minimum atomic E-state index is 0. The predicted octanol–water partition coefficient (Wildman–Crippen LogP) is 0.938. The molecule has 0 aromatic rings. The summed E-state index contributed by atoms with van der Waals surface area (Å²) in [6.07, 6.45) is 0. The van der Waals surface area contributed by atoms with Crippen LogP contribution in [0.4, 0.5) is 0 Å². The minimum Gasteiger partial charge on any atom is -0.0768 e. The van der Waals surface area contributed by atoms with Gasteiger partial charge >= 0.3 is 0 Å². The molecule has 0 aliphatic rings. The highest BCUT2D eigenvalue weighted by molar-refractivity contribution is 9.24. The fourth-order valence-corrected chi connectivity index (χ4v) is 0. The highest BCUT2D eigenvalue weighted by Crippen LogP contribution is 2.03. The molecule has 0 N–H and O–H groups in total. The molecule has 0 rings (SSSR count). The summed E-state index contributed by atoms with van der Waals surface area (Å²) in [6.45, 7) is 2.00. The summed E-state index contributed by atoms with van der Waals surface area (Å²) in [5.41, 5.74) is 0. The van der Waals surface area contributed by atoms with Gasteiger partial charge in [-0.2, -0.15) is 0 Å². The third-order valence-corrected chi connectivity index (χ3v) is 0. The van der Waals surface area contributed by atoms with Crippen LogP contribution in [0.3, 0.4) is 0 Å². The lowest BCUT2D eigenvalue weighted by Crippen LogP contribution is -1.60. The number of alkyl halides is 2. The van der Waals surface area contributed by atoms with Gasteiger partial charge in [-0.05, 0) is 6.92 Å². The van der Waals surface area contributed by atoms with Crippen LogP contribution in [-0.2, 0) is 0 Å². The topological polar surface area (TPSA) is 0 Å². The van der Waals surface area contributed by atoms with Gasteiger partial charge in [-0.1, -0.05) is 31.9 Å². The van der Waals surface area contributed by atoms with E-state index in [1.807, 2.05) is 6.92 Å². The van der Waals surface area contributed by atoms with Crippen molar-refractivity contribution in [2.24, 2.45) is 0 Å². The van der Waals surface area contributed by atoms with E-state index in [0.29, 0.717) is 3.74 Å². The van der Waals surface area contributed by atoms with E-state index in [1.165, 1.54) is 0 Å². The van der Waals surface area contributed by atoms with Crippen LogP contribution in [0.2, 0.25) is 0 Å². The van der Waals surface area contributed by atoms with E-state index >= 15 is 0 Å². The molecule has 0 unspecified atom stereocenters. The molecule has 0 radical (unpaired) electrons. The Balaban J connectivity index is 0. The average molecular weight is 218 g/mol. The molecular formula is C2H7AlBr2. The maximum absolute atomic E-state index is 3.19. The molecule has 0 aliphatic heterocycles. The highest BCUT2D eigenvalue weighted by atomic mass is 79.9. The van der Waals surface area contributed by atoms with Crippen molar-refractivity contribution in [3.05, 3.63) is 0 Å². The quantitative estimate of drug-likeness (QED) is 0.419. The normalized spacial score (nSPS) is 7.20. The molecule has 0 saturated heterocycles. The Morgan fingerprint density at radius 1 is 1.40 bits per heavy atom. The molecule has 0 nitrogen and oxygen atoms in total. The third-order valence-electron chi connectivity index (χ3n) is 0. The van der Waals surface area contributed by atoms with Gasteiger partial charge in [0.15, 0.2) is 17.4 Å². The summed E-state index contributed by atoms with van der Waals surface area (Å²) in [7, 11) is 0. The maximum atomic E-state index is 3.19. The molecule has 0 aromatic carbocycles. The molecule has 3 heteroatoms. The van der Waals surface area contributed by atoms with Crippen LogP contribution < -0.4 is 0 Å². The van der Waals surface area contributed by atoms with E-state index in [0.717, 1.165) is 0 Å². The zero-order chi connectivity index (χ0) is 3.58. The second-order valence-electron chi connectivity index (χ2n) is 0.519. The first-order valence-electron chi connectivity index (χ1n) is 1.01. The Kier molecular flexibility index (Phi) is 10.7. The molecule has 0 spiro atoms. The molecule has 0 aromatic heterocycles. The van der Waals surface area contributed by atoms with E-state index in [1.54, 1.807) is 0 Å². The summed E-state index contributed by atoms with van der Waals surface area (Å²) in [6, 6.07) is 0. The highest BCUT2D eigenvalue weighted by Gasteiger charge is 1.74. The van der Waals surface area contributed by atoms with E-state index in [4.69, 9.17) is 0 Å². The number of rotatable bonds is 0. The lowest BCUT2D eigenvalue weighted by molar-refractivity contribution is 1.48. The van der Waals surface area contributed by atoms with Gasteiger partial charge in [0.25, 0.3) is 0 Å². The molecule has 0 amide bonds. The largest absolute Gasteiger partial charge is 0.187 e. The van der Waals surface area contributed by atoms with Crippen LogP contribution >= 0.6 is 31.9 Å². The van der Waals surface area contributed by atoms with Crippen LogP contribution in [0.1, 0.15) is 6.92 Å². The van der Waals surface area contributed by atoms with Gasteiger partial charge in [0, 0.05) is 0 Å². The van der Waals surface area contributed by atoms with Crippen LogP contribution in [0.5, 0.6) is 0 Å². The summed E-state index contributed by atoms with van der Waals surface area (Å²) < 4.78 is 0.458. The summed E-state index contributed by atoms with van der Waals surface area (Å²) in [5.74, 6) is 0. The molecule has 32 valence electrons. The molecule has 5 heavy (non-hydrogen) atoms. The zero-order valence-electron chi connectivity index (χ0n) is 2.33. The summed E-state index contributed by atoms with van der Waals surface area (Å²) in [5, 5.41) is 0. The number of halogens is 2. The van der Waals surface area contributed by atoms with Gasteiger partial charge in [-0.15, -0.1) is 0 Å². The van der Waals surface area contributed by atoms with E-state index in [9.17, 15) is 0 Å². The van der Waals surface area contributed by atoms with Gasteiger partial charge in [0.05, 0.1) is 3.74 Å². The van der Waals surface area contributed by atoms with Gasteiger partial charge in [0.2, 0.25) is 0 Å². The van der Waals surface area contributed by atoms with Gasteiger partial charge in [-0.3, -0.25) is 0 Å². The number of hydrogen-bond donors (Lipinski definition) is 0. The smallest absolute Gasteiger partial charge is 0.0768 e. The molecule has 0 atom stereocenters. The van der Waals surface area contributed by atoms with E-state index in [2.05, 4.69) is 31.9 Å². The number of hydrogen-bond acceptors (Lipinski definition) is 0. The predicted molar refractivity (Wildman–Crippen MR) is 37.3 cm³/mol. The fourth-order valence-electron chi connectivity index (χ4n) is 0. The van der Waals surface area contributed by atoms with Crippen molar-refractivity contribution >= 4 is 49.2 Å². The fraction of sp³-hybridized carbons (Fsp3) is 1.00. The van der Waals surface area contributed by atoms with Gasteiger partial charge in [0.1, 0.15) is 0 Å². The molecule has 0 aliphatic carbocycles. The van der Waals surface area contributed by atoms with E-state index < -0.39 is 0 Å². The second-order valence-corrected chi connectivity index (χ2v) is 4.49. The van der Waals surface area contributed by atoms with Gasteiger partial charge < -0.3 is 0 Å². The Morgan fingerprint density at radius 2 is 1.40 bits per heavy atom. The zero-order valence-corrected chi connectivity index (χ0v) is 5.51. The van der Waals surface area contributed by atoms with Crippen molar-refractivity contribution < 1.29 is 0 Å². The Hall–Kier alpha value is 1.49. The Bertz CT molecular complexity index is 12.4. The van der Waals surface area contributed by atoms with Crippen molar-refractivity contribution in [1.82, 2.24) is 0 Å². The monoisotopic (exact) mass is 216 g/mol. The third kappa shape index (κ3) is 30.1. The SMILES string of the molecule is CC(Br)Br.[AlH3]. The Labute approximate surface area is 59.7 Å². The molecule has 0 saturated carbocycles. The van der Waals surface area contributed by atoms with Crippen molar-refractivity contribution in [2.75, 3.05) is 0 Å². The van der Waals surface area contributed by atoms with E-state index in [-0.39, 0.29) is 17.4 Å². The first-order chi connectivity index (χ1) is 1.73. The van der Waals surface area contributed by atoms with Crippen LogP contribution in [0.15, 0.2) is 0 Å². The second kappa shape index (κ2) is 5.49. The first kappa shape index (κ1) is 9.70. The van der Waals surface area contributed by atoms with Crippen LogP contribution in [0, 0.1) is 0 Å². The molecule has 0 fully saturated rings. The first-order valence-corrected chi connectivity index (χ1v) is 2.85. The van der Waals surface area contributed by atoms with Crippen molar-refractivity contribution in [1.29, 1.82) is 0 Å². The van der Waals surface area contributed by atoms with Crippen molar-refractivity contribution in [3.8, 4) is 0 Å². The van der Waals surface area contributed by atoms with Crippen molar-refractivity contribution in [2.45, 2.75) is 10.7 Å². The standard InChI is InChI=1S/C2H4Br2.Al.3H/c1-2(3)4;;;;/h2H,1H3;;;;. The van der Waals surface area contributed by atoms with Crippen molar-refractivity contribution in [3.63, 3.8) is 0 Å². The van der Waals surface area contributed by atoms with Crippen LogP contribution in [-0.4, -0.2) is 21.1 Å². The van der Waals surface area contributed by atoms with Gasteiger partial charge in [-0.25, -0.2) is 0 Å². The van der Waals surface area contributed by atoms with Crippen LogP contribution in [0.25, 0.3) is 0 Å². The minimum absolute atomic E-state index is 0. The maximum Gasteiger partial charge on any atom is 0.187 e. The summed E-state index contributed by atoms with van der Waals surface area (Å²) in [4.78, 5) is 0. The average Bonchev–Trinajstić information content (AvgIpc) is 0.811. The Morgan fingerprint density at radius 3 is 1.40 bits per heavy atom. The molecule has 0 heterocycles.